The summed E-state index contributed by atoms with van der Waals surface area (Å²) in [5.41, 5.74) is 0. The maximum Gasteiger partial charge on any atom is 0.161 e. The van der Waals surface area contributed by atoms with Crippen LogP contribution in [0.5, 0.6) is 11.5 Å². The van der Waals surface area contributed by atoms with Crippen molar-refractivity contribution in [3.63, 3.8) is 0 Å². The van der Waals surface area contributed by atoms with E-state index in [0.717, 1.165) is 43.7 Å². The molecular formula is C16H25NO3. The van der Waals surface area contributed by atoms with Gasteiger partial charge in [0.1, 0.15) is 6.61 Å². The van der Waals surface area contributed by atoms with Gasteiger partial charge in [-0.3, -0.25) is 0 Å². The topological polar surface area (TPSA) is 39.7 Å². The number of nitrogens with one attached hydrogen (secondary N) is 1. The van der Waals surface area contributed by atoms with Crippen LogP contribution in [0.15, 0.2) is 24.3 Å². The Morgan fingerprint density at radius 2 is 1.75 bits per heavy atom. The SMILES string of the molecule is CCOc1ccccc1OCCNCCOCC1CC1. The summed E-state index contributed by atoms with van der Waals surface area (Å²) in [6.45, 7) is 6.66. The van der Waals surface area contributed by atoms with Gasteiger partial charge in [0.15, 0.2) is 11.5 Å². The molecule has 4 heteroatoms. The van der Waals surface area contributed by atoms with Crippen LogP contribution in [0.4, 0.5) is 0 Å². The summed E-state index contributed by atoms with van der Waals surface area (Å²) in [4.78, 5) is 0. The molecule has 0 spiro atoms. The molecular weight excluding hydrogens is 254 g/mol. The lowest BCUT2D eigenvalue weighted by molar-refractivity contribution is 0.125. The van der Waals surface area contributed by atoms with E-state index >= 15 is 0 Å². The average molecular weight is 279 g/mol. The summed E-state index contributed by atoms with van der Waals surface area (Å²) in [5.74, 6) is 2.46. The molecule has 1 fully saturated rings. The zero-order valence-corrected chi connectivity index (χ0v) is 12.3. The molecule has 1 aromatic rings. The van der Waals surface area contributed by atoms with Crippen LogP contribution in [0.2, 0.25) is 0 Å². The number of para-hydroxylation sites is 2. The third kappa shape index (κ3) is 5.80. The molecule has 20 heavy (non-hydrogen) atoms. The predicted octanol–water partition coefficient (Wildman–Crippen LogP) is 2.48. The fourth-order valence-electron chi connectivity index (χ4n) is 1.88. The number of hydrogen-bond donors (Lipinski definition) is 1. The molecule has 2 rings (SSSR count). The number of rotatable bonds is 11. The van der Waals surface area contributed by atoms with E-state index in [-0.39, 0.29) is 0 Å². The van der Waals surface area contributed by atoms with E-state index in [2.05, 4.69) is 5.32 Å². The zero-order chi connectivity index (χ0) is 14.0. The quantitative estimate of drug-likeness (QED) is 0.632. The van der Waals surface area contributed by atoms with E-state index in [4.69, 9.17) is 14.2 Å². The highest BCUT2D eigenvalue weighted by molar-refractivity contribution is 5.39. The summed E-state index contributed by atoms with van der Waals surface area (Å²) in [5, 5.41) is 3.31. The smallest absolute Gasteiger partial charge is 0.161 e. The number of benzene rings is 1. The third-order valence-electron chi connectivity index (χ3n) is 3.16. The molecule has 0 heterocycles. The first-order valence-electron chi connectivity index (χ1n) is 7.53. The normalized spacial score (nSPS) is 14.2. The van der Waals surface area contributed by atoms with Crippen LogP contribution in [0, 0.1) is 5.92 Å². The van der Waals surface area contributed by atoms with E-state index < -0.39 is 0 Å². The molecule has 112 valence electrons. The molecule has 0 amide bonds. The highest BCUT2D eigenvalue weighted by Crippen LogP contribution is 2.28. The Bertz CT molecular complexity index is 380. The van der Waals surface area contributed by atoms with Crippen molar-refractivity contribution in [3.8, 4) is 11.5 Å². The monoisotopic (exact) mass is 279 g/mol. The lowest BCUT2D eigenvalue weighted by atomic mass is 10.3. The molecule has 0 bridgehead atoms. The summed E-state index contributed by atoms with van der Waals surface area (Å²) in [6, 6.07) is 7.77. The zero-order valence-electron chi connectivity index (χ0n) is 12.3. The molecule has 0 aromatic heterocycles. The van der Waals surface area contributed by atoms with Crippen LogP contribution in [0.3, 0.4) is 0 Å². The molecule has 0 radical (unpaired) electrons. The minimum atomic E-state index is 0.632. The molecule has 1 aromatic carbocycles. The molecule has 1 N–H and O–H groups in total. The molecule has 0 saturated heterocycles. The highest BCUT2D eigenvalue weighted by Gasteiger charge is 2.20. The summed E-state index contributed by atoms with van der Waals surface area (Å²) >= 11 is 0. The Labute approximate surface area is 121 Å². The Kier molecular flexibility index (Phi) is 6.68. The molecule has 0 unspecified atom stereocenters. The maximum absolute atomic E-state index is 5.72. The van der Waals surface area contributed by atoms with E-state index in [9.17, 15) is 0 Å². The fourth-order valence-corrected chi connectivity index (χ4v) is 1.88. The Morgan fingerprint density at radius 3 is 2.45 bits per heavy atom. The van der Waals surface area contributed by atoms with Crippen molar-refractivity contribution >= 4 is 0 Å². The van der Waals surface area contributed by atoms with Crippen LogP contribution >= 0.6 is 0 Å². The van der Waals surface area contributed by atoms with Crippen LogP contribution in [0.25, 0.3) is 0 Å². The van der Waals surface area contributed by atoms with Gasteiger partial charge < -0.3 is 19.5 Å². The first-order valence-corrected chi connectivity index (χ1v) is 7.53. The standard InChI is InChI=1S/C16H25NO3/c1-2-19-15-5-3-4-6-16(15)20-12-10-17-9-11-18-13-14-7-8-14/h3-6,14,17H,2,7-13H2,1H3. The Hall–Kier alpha value is -1.26. The van der Waals surface area contributed by atoms with Gasteiger partial charge in [0, 0.05) is 19.7 Å². The minimum Gasteiger partial charge on any atom is -0.490 e. The van der Waals surface area contributed by atoms with E-state index in [0.29, 0.717) is 13.2 Å². The summed E-state index contributed by atoms with van der Waals surface area (Å²) in [7, 11) is 0. The number of ether oxygens (including phenoxy) is 3. The average Bonchev–Trinajstić information content (AvgIpc) is 3.28. The van der Waals surface area contributed by atoms with Gasteiger partial charge >= 0.3 is 0 Å². The van der Waals surface area contributed by atoms with E-state index in [1.54, 1.807) is 0 Å². The van der Waals surface area contributed by atoms with Crippen molar-refractivity contribution in [2.45, 2.75) is 19.8 Å². The van der Waals surface area contributed by atoms with Gasteiger partial charge in [-0.2, -0.15) is 0 Å². The van der Waals surface area contributed by atoms with Gasteiger partial charge in [-0.25, -0.2) is 0 Å². The minimum absolute atomic E-state index is 0.632. The van der Waals surface area contributed by atoms with Crippen molar-refractivity contribution in [1.29, 1.82) is 0 Å². The van der Waals surface area contributed by atoms with E-state index in [1.807, 2.05) is 31.2 Å². The Balaban J connectivity index is 1.51. The van der Waals surface area contributed by atoms with E-state index in [1.165, 1.54) is 12.8 Å². The molecule has 1 saturated carbocycles. The molecule has 1 aliphatic rings. The van der Waals surface area contributed by atoms with Gasteiger partial charge in [-0.05, 0) is 37.8 Å². The Morgan fingerprint density at radius 1 is 1.05 bits per heavy atom. The fraction of sp³-hybridized carbons (Fsp3) is 0.625. The van der Waals surface area contributed by atoms with Gasteiger partial charge in [-0.1, -0.05) is 12.1 Å². The van der Waals surface area contributed by atoms with Crippen molar-refractivity contribution in [2.75, 3.05) is 39.5 Å². The molecule has 0 aliphatic heterocycles. The predicted molar refractivity (Wildman–Crippen MR) is 79.5 cm³/mol. The van der Waals surface area contributed by atoms with Crippen molar-refractivity contribution < 1.29 is 14.2 Å². The number of hydrogen-bond acceptors (Lipinski definition) is 4. The van der Waals surface area contributed by atoms with Gasteiger partial charge in [0.2, 0.25) is 0 Å². The second-order valence-electron chi connectivity index (χ2n) is 5.00. The van der Waals surface area contributed by atoms with Crippen molar-refractivity contribution in [3.05, 3.63) is 24.3 Å². The first kappa shape index (κ1) is 15.1. The largest absolute Gasteiger partial charge is 0.490 e. The van der Waals surface area contributed by atoms with Crippen LogP contribution in [-0.2, 0) is 4.74 Å². The lowest BCUT2D eigenvalue weighted by Crippen LogP contribution is -2.25. The lowest BCUT2D eigenvalue weighted by Gasteiger charge is -2.12. The maximum atomic E-state index is 5.72. The molecule has 1 aliphatic carbocycles. The van der Waals surface area contributed by atoms with Crippen LogP contribution < -0.4 is 14.8 Å². The summed E-state index contributed by atoms with van der Waals surface area (Å²) in [6.07, 6.45) is 2.70. The molecule has 4 nitrogen and oxygen atoms in total. The summed E-state index contributed by atoms with van der Waals surface area (Å²) < 4.78 is 16.8. The van der Waals surface area contributed by atoms with Gasteiger partial charge in [0.25, 0.3) is 0 Å². The van der Waals surface area contributed by atoms with Crippen molar-refractivity contribution in [2.24, 2.45) is 5.92 Å². The molecule has 0 atom stereocenters. The van der Waals surface area contributed by atoms with Crippen LogP contribution in [-0.4, -0.2) is 39.5 Å². The van der Waals surface area contributed by atoms with Crippen molar-refractivity contribution in [1.82, 2.24) is 5.32 Å². The van der Waals surface area contributed by atoms with Gasteiger partial charge in [0.05, 0.1) is 13.2 Å². The van der Waals surface area contributed by atoms with Gasteiger partial charge in [-0.15, -0.1) is 0 Å². The second kappa shape index (κ2) is 8.82. The van der Waals surface area contributed by atoms with Crippen LogP contribution in [0.1, 0.15) is 19.8 Å². The highest BCUT2D eigenvalue weighted by atomic mass is 16.5. The third-order valence-corrected chi connectivity index (χ3v) is 3.16. The first-order chi connectivity index (χ1) is 9.90. The second-order valence-corrected chi connectivity index (χ2v) is 5.00.